The van der Waals surface area contributed by atoms with Crippen LogP contribution in [0, 0.1) is 5.92 Å². The predicted octanol–water partition coefficient (Wildman–Crippen LogP) is 1.17. The number of carbonyl (C=O) groups is 1. The van der Waals surface area contributed by atoms with E-state index in [0.717, 1.165) is 104 Å². The molecule has 3 fully saturated rings. The number of piperazine rings is 1. The maximum Gasteiger partial charge on any atom is 0.236 e. The number of nitrogens with one attached hydrogen (secondary N) is 1. The van der Waals surface area contributed by atoms with Gasteiger partial charge in [0.2, 0.25) is 5.91 Å². The summed E-state index contributed by atoms with van der Waals surface area (Å²) in [6.45, 7) is 17.1. The Bertz CT molecular complexity index is 544. The first-order valence-corrected chi connectivity index (χ1v) is 12.0. The smallest absolute Gasteiger partial charge is 0.236 e. The largest absolute Gasteiger partial charge is 0.379 e. The second-order valence-corrected chi connectivity index (χ2v) is 8.92. The monoisotopic (exact) mass is 550 g/mol. The van der Waals surface area contributed by atoms with Gasteiger partial charge in [-0.15, -0.1) is 24.0 Å². The molecule has 0 bridgehead atoms. The molecule has 3 aliphatic heterocycles. The second-order valence-electron chi connectivity index (χ2n) is 8.92. The minimum Gasteiger partial charge on any atom is -0.379 e. The first-order valence-electron chi connectivity index (χ1n) is 12.0. The standard InChI is InChI=1S/C22H42N6O2.HI/c1-3-23-22(24-17-20(2)18-26-13-15-30-16-14-26)28-11-9-25(10-12-28)19-21(29)27-7-5-4-6-8-27;/h20H,3-19H2,1-2H3,(H,23,24);1H. The molecular formula is C22H43IN6O2. The number of halogens is 1. The van der Waals surface area contributed by atoms with Gasteiger partial charge >= 0.3 is 0 Å². The van der Waals surface area contributed by atoms with Crippen molar-refractivity contribution in [3.63, 3.8) is 0 Å². The third kappa shape index (κ3) is 9.01. The van der Waals surface area contributed by atoms with Crippen molar-refractivity contribution in [1.82, 2.24) is 24.9 Å². The molecule has 31 heavy (non-hydrogen) atoms. The summed E-state index contributed by atoms with van der Waals surface area (Å²) in [7, 11) is 0. The maximum absolute atomic E-state index is 12.5. The normalized spacial score (nSPS) is 22.7. The van der Waals surface area contributed by atoms with Gasteiger partial charge in [-0.1, -0.05) is 6.92 Å². The SMILES string of the molecule is CCNC(=NCC(C)CN1CCOCC1)N1CCN(CC(=O)N2CCCCC2)CC1.I. The molecule has 0 aromatic heterocycles. The summed E-state index contributed by atoms with van der Waals surface area (Å²) in [5.74, 6) is 1.86. The number of hydrogen-bond donors (Lipinski definition) is 1. The fourth-order valence-electron chi connectivity index (χ4n) is 4.50. The number of ether oxygens (including phenoxy) is 1. The Kier molecular flexibility index (Phi) is 12.4. The molecule has 1 N–H and O–H groups in total. The molecule has 3 saturated heterocycles. The average Bonchev–Trinajstić information content (AvgIpc) is 2.78. The molecule has 0 radical (unpaired) electrons. The van der Waals surface area contributed by atoms with Gasteiger partial charge in [-0.05, 0) is 32.1 Å². The number of hydrogen-bond acceptors (Lipinski definition) is 5. The van der Waals surface area contributed by atoms with E-state index < -0.39 is 0 Å². The third-order valence-corrected chi connectivity index (χ3v) is 6.30. The Morgan fingerprint density at radius 2 is 1.61 bits per heavy atom. The highest BCUT2D eigenvalue weighted by Gasteiger charge is 2.24. The zero-order chi connectivity index (χ0) is 21.2. The van der Waals surface area contributed by atoms with Crippen LogP contribution < -0.4 is 5.32 Å². The highest BCUT2D eigenvalue weighted by atomic mass is 127. The number of amides is 1. The van der Waals surface area contributed by atoms with E-state index in [4.69, 9.17) is 9.73 Å². The summed E-state index contributed by atoms with van der Waals surface area (Å²) in [4.78, 5) is 26.7. The van der Waals surface area contributed by atoms with E-state index in [1.165, 1.54) is 6.42 Å². The van der Waals surface area contributed by atoms with E-state index in [-0.39, 0.29) is 24.0 Å². The fourth-order valence-corrected chi connectivity index (χ4v) is 4.50. The second kappa shape index (κ2) is 14.5. The van der Waals surface area contributed by atoms with Crippen LogP contribution in [0.15, 0.2) is 4.99 Å². The molecule has 0 aliphatic carbocycles. The van der Waals surface area contributed by atoms with Crippen LogP contribution in [0.25, 0.3) is 0 Å². The zero-order valence-electron chi connectivity index (χ0n) is 19.6. The van der Waals surface area contributed by atoms with Gasteiger partial charge in [0.25, 0.3) is 0 Å². The molecule has 0 spiro atoms. The van der Waals surface area contributed by atoms with Crippen molar-refractivity contribution in [3.05, 3.63) is 0 Å². The van der Waals surface area contributed by atoms with E-state index in [2.05, 4.69) is 38.8 Å². The van der Waals surface area contributed by atoms with Crippen molar-refractivity contribution in [2.75, 3.05) is 91.8 Å². The van der Waals surface area contributed by atoms with E-state index >= 15 is 0 Å². The molecular weight excluding hydrogens is 507 g/mol. The average molecular weight is 551 g/mol. The molecule has 180 valence electrons. The molecule has 9 heteroatoms. The first-order chi connectivity index (χ1) is 14.7. The number of nitrogens with zero attached hydrogens (tertiary/aromatic N) is 5. The molecule has 0 saturated carbocycles. The minimum atomic E-state index is 0. The van der Waals surface area contributed by atoms with Gasteiger partial charge in [0.1, 0.15) is 0 Å². The van der Waals surface area contributed by atoms with Crippen molar-refractivity contribution < 1.29 is 9.53 Å². The van der Waals surface area contributed by atoms with Gasteiger partial charge in [-0.2, -0.15) is 0 Å². The minimum absolute atomic E-state index is 0. The van der Waals surface area contributed by atoms with Gasteiger partial charge < -0.3 is 19.9 Å². The molecule has 3 heterocycles. The van der Waals surface area contributed by atoms with Crippen LogP contribution in [-0.4, -0.2) is 123 Å². The molecule has 1 unspecified atom stereocenters. The molecule has 1 amide bonds. The van der Waals surface area contributed by atoms with Crippen LogP contribution in [0.4, 0.5) is 0 Å². The number of carbonyl (C=O) groups excluding carboxylic acids is 1. The molecule has 0 aromatic carbocycles. The maximum atomic E-state index is 12.5. The Hall–Kier alpha value is -0.650. The lowest BCUT2D eigenvalue weighted by molar-refractivity contribution is -0.133. The van der Waals surface area contributed by atoms with Crippen molar-refractivity contribution in [2.45, 2.75) is 33.1 Å². The Balaban J connectivity index is 0.00000341. The molecule has 8 nitrogen and oxygen atoms in total. The van der Waals surface area contributed by atoms with E-state index in [1.807, 2.05) is 0 Å². The van der Waals surface area contributed by atoms with Crippen LogP contribution in [0.2, 0.25) is 0 Å². The van der Waals surface area contributed by atoms with E-state index in [9.17, 15) is 4.79 Å². The topological polar surface area (TPSA) is 63.7 Å². The van der Waals surface area contributed by atoms with Gasteiger partial charge in [0.15, 0.2) is 5.96 Å². The van der Waals surface area contributed by atoms with Crippen molar-refractivity contribution in [2.24, 2.45) is 10.9 Å². The predicted molar refractivity (Wildman–Crippen MR) is 136 cm³/mol. The highest BCUT2D eigenvalue weighted by Crippen LogP contribution is 2.11. The number of piperidine rings is 1. The van der Waals surface area contributed by atoms with Gasteiger partial charge in [0.05, 0.1) is 19.8 Å². The van der Waals surface area contributed by atoms with Gasteiger partial charge in [0, 0.05) is 72.0 Å². The summed E-state index contributed by atoms with van der Waals surface area (Å²) < 4.78 is 5.44. The van der Waals surface area contributed by atoms with Crippen molar-refractivity contribution >= 4 is 35.8 Å². The molecule has 1 atom stereocenters. The summed E-state index contributed by atoms with van der Waals surface area (Å²) in [6.07, 6.45) is 3.58. The Morgan fingerprint density at radius 1 is 0.935 bits per heavy atom. The van der Waals surface area contributed by atoms with Gasteiger partial charge in [-0.25, -0.2) is 0 Å². The van der Waals surface area contributed by atoms with Crippen LogP contribution in [-0.2, 0) is 9.53 Å². The number of rotatable bonds is 7. The third-order valence-electron chi connectivity index (χ3n) is 6.30. The van der Waals surface area contributed by atoms with Crippen molar-refractivity contribution in [1.29, 1.82) is 0 Å². The summed E-state index contributed by atoms with van der Waals surface area (Å²) in [5.41, 5.74) is 0. The summed E-state index contributed by atoms with van der Waals surface area (Å²) in [5, 5.41) is 3.47. The fraction of sp³-hybridized carbons (Fsp3) is 0.909. The van der Waals surface area contributed by atoms with Crippen LogP contribution >= 0.6 is 24.0 Å². The lowest BCUT2D eigenvalue weighted by atomic mass is 10.1. The van der Waals surface area contributed by atoms with Crippen molar-refractivity contribution in [3.8, 4) is 0 Å². The number of morpholine rings is 1. The van der Waals surface area contributed by atoms with Crippen LogP contribution in [0.5, 0.6) is 0 Å². The molecule has 0 aromatic rings. The Labute approximate surface area is 205 Å². The number of guanidine groups is 1. The number of aliphatic imine (C=N–C) groups is 1. The molecule has 3 rings (SSSR count). The summed E-state index contributed by atoms with van der Waals surface area (Å²) in [6, 6.07) is 0. The quantitative estimate of drug-likeness (QED) is 0.292. The van der Waals surface area contributed by atoms with E-state index in [1.54, 1.807) is 0 Å². The van der Waals surface area contributed by atoms with Gasteiger partial charge in [-0.3, -0.25) is 19.6 Å². The van der Waals surface area contributed by atoms with Crippen LogP contribution in [0.3, 0.4) is 0 Å². The Morgan fingerprint density at radius 3 is 2.26 bits per heavy atom. The molecule has 3 aliphatic rings. The lowest BCUT2D eigenvalue weighted by Gasteiger charge is -2.37. The van der Waals surface area contributed by atoms with Crippen LogP contribution in [0.1, 0.15) is 33.1 Å². The van der Waals surface area contributed by atoms with E-state index in [0.29, 0.717) is 18.4 Å². The summed E-state index contributed by atoms with van der Waals surface area (Å²) >= 11 is 0. The first kappa shape index (κ1) is 26.6. The zero-order valence-corrected chi connectivity index (χ0v) is 21.9. The highest BCUT2D eigenvalue weighted by molar-refractivity contribution is 14.0. The lowest BCUT2D eigenvalue weighted by Crippen LogP contribution is -2.54. The number of likely N-dealkylation sites (tertiary alicyclic amines) is 1.